The summed E-state index contributed by atoms with van der Waals surface area (Å²) in [6, 6.07) is 7.79. The summed E-state index contributed by atoms with van der Waals surface area (Å²) in [5.41, 5.74) is 2.01. The van der Waals surface area contributed by atoms with Gasteiger partial charge in [-0.1, -0.05) is 25.1 Å². The fraction of sp³-hybridized carbons (Fsp3) is 0.500. The number of fused-ring (bicyclic) bond motifs is 1. The van der Waals surface area contributed by atoms with Gasteiger partial charge in [-0.05, 0) is 30.9 Å². The number of nitrogens with zero attached hydrogens (tertiary/aromatic N) is 1. The van der Waals surface area contributed by atoms with E-state index in [4.69, 9.17) is 0 Å². The Hall–Kier alpha value is -1.03. The highest BCUT2D eigenvalue weighted by molar-refractivity contribution is 7.92. The van der Waals surface area contributed by atoms with E-state index in [9.17, 15) is 8.42 Å². The molecule has 0 aromatic heterocycles. The molecule has 0 spiro atoms. The third kappa shape index (κ3) is 1.82. The zero-order valence-corrected chi connectivity index (χ0v) is 10.5. The number of para-hydroxylation sites is 1. The maximum absolute atomic E-state index is 11.9. The summed E-state index contributed by atoms with van der Waals surface area (Å²) < 4.78 is 25.5. The van der Waals surface area contributed by atoms with Gasteiger partial charge in [0, 0.05) is 6.54 Å². The third-order valence-electron chi connectivity index (χ3n) is 3.20. The first-order valence-electron chi connectivity index (χ1n) is 5.65. The Morgan fingerprint density at radius 2 is 2.06 bits per heavy atom. The van der Waals surface area contributed by atoms with Crippen LogP contribution < -0.4 is 4.31 Å². The molecule has 1 aliphatic rings. The van der Waals surface area contributed by atoms with Gasteiger partial charge in [-0.15, -0.1) is 0 Å². The minimum absolute atomic E-state index is 0.162. The van der Waals surface area contributed by atoms with Crippen molar-refractivity contribution >= 4 is 15.7 Å². The molecule has 1 heterocycles. The molecule has 0 fully saturated rings. The van der Waals surface area contributed by atoms with Crippen LogP contribution in [0.15, 0.2) is 24.3 Å². The number of anilines is 1. The Morgan fingerprint density at radius 1 is 1.38 bits per heavy atom. The van der Waals surface area contributed by atoms with Crippen molar-refractivity contribution in [3.05, 3.63) is 29.8 Å². The van der Waals surface area contributed by atoms with E-state index < -0.39 is 10.0 Å². The lowest BCUT2D eigenvalue weighted by atomic mass is 9.93. The fourth-order valence-corrected chi connectivity index (χ4v) is 3.32. The number of sulfonamides is 1. The van der Waals surface area contributed by atoms with Gasteiger partial charge in [0.25, 0.3) is 0 Å². The minimum atomic E-state index is -3.12. The topological polar surface area (TPSA) is 37.4 Å². The highest BCUT2D eigenvalue weighted by Gasteiger charge is 2.28. The highest BCUT2D eigenvalue weighted by atomic mass is 32.2. The summed E-state index contributed by atoms with van der Waals surface area (Å²) in [5.74, 6) is 0.606. The van der Waals surface area contributed by atoms with Crippen molar-refractivity contribution in [3.8, 4) is 0 Å². The molecule has 16 heavy (non-hydrogen) atoms. The maximum atomic E-state index is 11.9. The van der Waals surface area contributed by atoms with Crippen molar-refractivity contribution in [1.82, 2.24) is 0 Å². The van der Waals surface area contributed by atoms with Crippen molar-refractivity contribution in [2.45, 2.75) is 26.2 Å². The van der Waals surface area contributed by atoms with Crippen LogP contribution in [0.2, 0.25) is 0 Å². The van der Waals surface area contributed by atoms with Crippen LogP contribution in [0.25, 0.3) is 0 Å². The smallest absolute Gasteiger partial charge is 0.234 e. The van der Waals surface area contributed by atoms with Gasteiger partial charge in [0.2, 0.25) is 10.0 Å². The molecule has 3 nitrogen and oxygen atoms in total. The summed E-state index contributed by atoms with van der Waals surface area (Å²) in [6.07, 6.45) is 0.899. The summed E-state index contributed by atoms with van der Waals surface area (Å²) in [6.45, 7) is 4.44. The average molecular weight is 239 g/mol. The second-order valence-corrected chi connectivity index (χ2v) is 6.40. The van der Waals surface area contributed by atoms with Gasteiger partial charge < -0.3 is 0 Å². The third-order valence-corrected chi connectivity index (χ3v) is 4.98. The predicted molar refractivity (Wildman–Crippen MR) is 66.3 cm³/mol. The van der Waals surface area contributed by atoms with E-state index in [1.165, 1.54) is 0 Å². The minimum Gasteiger partial charge on any atom is -0.270 e. The van der Waals surface area contributed by atoms with Crippen molar-refractivity contribution in [1.29, 1.82) is 0 Å². The lowest BCUT2D eigenvalue weighted by Gasteiger charge is -2.33. The van der Waals surface area contributed by atoms with Gasteiger partial charge >= 0.3 is 0 Å². The molecule has 4 heteroatoms. The predicted octanol–water partition coefficient (Wildman–Crippen LogP) is 2.35. The van der Waals surface area contributed by atoms with Crippen LogP contribution >= 0.6 is 0 Å². The quantitative estimate of drug-likeness (QED) is 0.794. The first kappa shape index (κ1) is 11.5. The molecule has 2 rings (SSSR count). The largest absolute Gasteiger partial charge is 0.270 e. The Bertz CT molecular complexity index is 482. The van der Waals surface area contributed by atoms with Crippen LogP contribution in [-0.4, -0.2) is 20.7 Å². The highest BCUT2D eigenvalue weighted by Crippen LogP contribution is 2.36. The lowest BCUT2D eigenvalue weighted by molar-refractivity contribution is 0.580. The molecule has 1 unspecified atom stereocenters. The molecule has 1 atom stereocenters. The molecule has 0 amide bonds. The lowest BCUT2D eigenvalue weighted by Crippen LogP contribution is -2.37. The van der Waals surface area contributed by atoms with Crippen LogP contribution in [0, 0.1) is 0 Å². The second-order valence-electron chi connectivity index (χ2n) is 4.22. The van der Waals surface area contributed by atoms with E-state index in [2.05, 4.69) is 6.92 Å². The van der Waals surface area contributed by atoms with E-state index in [1.54, 1.807) is 11.2 Å². The molecule has 0 aliphatic carbocycles. The van der Waals surface area contributed by atoms with Crippen LogP contribution in [0.3, 0.4) is 0 Å². The normalized spacial score (nSPS) is 20.6. The van der Waals surface area contributed by atoms with E-state index in [1.807, 2.05) is 24.3 Å². The van der Waals surface area contributed by atoms with Crippen molar-refractivity contribution in [3.63, 3.8) is 0 Å². The zero-order valence-electron chi connectivity index (χ0n) is 9.68. The molecule has 1 aliphatic heterocycles. The SMILES string of the molecule is CCS(=O)(=O)N1CCC(C)c2ccccc21. The van der Waals surface area contributed by atoms with Crippen LogP contribution in [-0.2, 0) is 10.0 Å². The van der Waals surface area contributed by atoms with Gasteiger partial charge in [0.15, 0.2) is 0 Å². The van der Waals surface area contributed by atoms with Crippen LogP contribution in [0.1, 0.15) is 31.7 Å². The average Bonchev–Trinajstić information content (AvgIpc) is 2.29. The summed E-state index contributed by atoms with van der Waals surface area (Å²) in [5, 5.41) is 0. The molecule has 0 bridgehead atoms. The fourth-order valence-electron chi connectivity index (χ4n) is 2.16. The van der Waals surface area contributed by atoms with Crippen molar-refractivity contribution in [2.24, 2.45) is 0 Å². The Morgan fingerprint density at radius 3 is 2.75 bits per heavy atom. The van der Waals surface area contributed by atoms with E-state index in [0.717, 1.165) is 17.7 Å². The molecule has 0 radical (unpaired) electrons. The first-order chi connectivity index (χ1) is 7.56. The van der Waals surface area contributed by atoms with Gasteiger partial charge in [0.1, 0.15) is 0 Å². The monoisotopic (exact) mass is 239 g/mol. The van der Waals surface area contributed by atoms with Crippen LogP contribution in [0.5, 0.6) is 0 Å². The van der Waals surface area contributed by atoms with E-state index in [-0.39, 0.29) is 5.75 Å². The van der Waals surface area contributed by atoms with E-state index in [0.29, 0.717) is 12.5 Å². The maximum Gasteiger partial charge on any atom is 0.234 e. The van der Waals surface area contributed by atoms with Gasteiger partial charge in [-0.25, -0.2) is 8.42 Å². The van der Waals surface area contributed by atoms with Gasteiger partial charge in [-0.2, -0.15) is 0 Å². The second kappa shape index (κ2) is 4.09. The molecule has 0 saturated carbocycles. The summed E-state index contributed by atoms with van der Waals surface area (Å²) in [4.78, 5) is 0. The standard InChI is InChI=1S/C12H17NO2S/c1-3-16(14,15)13-9-8-10(2)11-6-4-5-7-12(11)13/h4-7,10H,3,8-9H2,1-2H3. The van der Waals surface area contributed by atoms with Gasteiger partial charge in [-0.3, -0.25) is 4.31 Å². The Kier molecular flexibility index (Phi) is 2.93. The molecular formula is C12H17NO2S. The molecule has 0 N–H and O–H groups in total. The molecule has 1 aromatic carbocycles. The number of hydrogen-bond acceptors (Lipinski definition) is 2. The Labute approximate surface area is 97.1 Å². The van der Waals surface area contributed by atoms with E-state index >= 15 is 0 Å². The number of rotatable bonds is 2. The molecule has 1 aromatic rings. The first-order valence-corrected chi connectivity index (χ1v) is 7.26. The zero-order chi connectivity index (χ0) is 11.8. The van der Waals surface area contributed by atoms with Gasteiger partial charge in [0.05, 0.1) is 11.4 Å². The number of benzene rings is 1. The number of hydrogen-bond donors (Lipinski definition) is 0. The molecule has 0 saturated heterocycles. The molecule has 88 valence electrons. The molecular weight excluding hydrogens is 222 g/mol. The van der Waals surface area contributed by atoms with Crippen molar-refractivity contribution < 1.29 is 8.42 Å². The Balaban J connectivity index is 2.51. The summed E-state index contributed by atoms with van der Waals surface area (Å²) >= 11 is 0. The van der Waals surface area contributed by atoms with Crippen molar-refractivity contribution in [2.75, 3.05) is 16.6 Å². The summed E-state index contributed by atoms with van der Waals surface area (Å²) in [7, 11) is -3.12. The van der Waals surface area contributed by atoms with Crippen LogP contribution in [0.4, 0.5) is 5.69 Å².